The first kappa shape index (κ1) is 24.1. The average Bonchev–Trinajstić information content (AvgIpc) is 2.84. The van der Waals surface area contributed by atoms with Crippen LogP contribution in [0.3, 0.4) is 0 Å². The third-order valence-corrected chi connectivity index (χ3v) is 5.63. The van der Waals surface area contributed by atoms with Crippen LogP contribution < -0.4 is 15.5 Å². The van der Waals surface area contributed by atoms with Gasteiger partial charge in [-0.05, 0) is 60.9 Å². The molecule has 0 saturated carbocycles. The first-order valence-electron chi connectivity index (χ1n) is 10.6. The molecule has 3 aromatic carbocycles. The fourth-order valence-electron chi connectivity index (χ4n) is 2.84. The van der Waals surface area contributed by atoms with Crippen LogP contribution in [-0.2, 0) is 16.0 Å². The third kappa shape index (κ3) is 9.21. The van der Waals surface area contributed by atoms with Gasteiger partial charge in [0.25, 0.3) is 5.91 Å². The number of carbonyl (C=O) groups excluding carboxylic acids is 2. The predicted octanol–water partition coefficient (Wildman–Crippen LogP) is 3.98. The molecule has 0 aliphatic heterocycles. The second-order valence-electron chi connectivity index (χ2n) is 7.34. The largest absolute Gasteiger partial charge is 0.484 e. The van der Waals surface area contributed by atoms with Crippen LogP contribution in [0, 0.1) is 6.92 Å². The molecule has 0 unspecified atom stereocenters. The predicted molar refractivity (Wildman–Crippen MR) is 133 cm³/mol. The molecule has 0 spiro atoms. The van der Waals surface area contributed by atoms with Gasteiger partial charge in [0.2, 0.25) is 5.91 Å². The fourth-order valence-corrected chi connectivity index (χ4v) is 3.53. The molecule has 170 valence electrons. The standard InChI is InChI=1S/C26H27N3O3S/c1-20-7-13-24(14-8-20)33-19-26(31)29-28-17-22-9-11-23(12-10-22)32-18-25(30)27-16-15-21-5-3-2-4-6-21/h2-14,17H,15-16,18-19H2,1H3,(H,27,30)(H,29,31)/b28-17-. The van der Waals surface area contributed by atoms with Crippen molar-refractivity contribution in [2.45, 2.75) is 18.2 Å². The minimum absolute atomic E-state index is 0.0447. The zero-order valence-corrected chi connectivity index (χ0v) is 19.3. The lowest BCUT2D eigenvalue weighted by molar-refractivity contribution is -0.123. The van der Waals surface area contributed by atoms with Crippen LogP contribution in [0.25, 0.3) is 0 Å². The highest BCUT2D eigenvalue weighted by atomic mass is 32.2. The molecule has 0 fully saturated rings. The van der Waals surface area contributed by atoms with Gasteiger partial charge in [0, 0.05) is 11.4 Å². The van der Waals surface area contributed by atoms with E-state index in [-0.39, 0.29) is 18.4 Å². The summed E-state index contributed by atoms with van der Waals surface area (Å²) in [5, 5.41) is 6.84. The topological polar surface area (TPSA) is 79.8 Å². The number of carbonyl (C=O) groups is 2. The van der Waals surface area contributed by atoms with Crippen molar-refractivity contribution in [1.29, 1.82) is 0 Å². The van der Waals surface area contributed by atoms with E-state index in [1.54, 1.807) is 30.5 Å². The molecule has 33 heavy (non-hydrogen) atoms. The summed E-state index contributed by atoms with van der Waals surface area (Å²) >= 11 is 1.46. The van der Waals surface area contributed by atoms with E-state index in [9.17, 15) is 9.59 Å². The van der Waals surface area contributed by atoms with Crippen LogP contribution in [0.1, 0.15) is 16.7 Å². The van der Waals surface area contributed by atoms with Crippen molar-refractivity contribution in [2.24, 2.45) is 5.10 Å². The lowest BCUT2D eigenvalue weighted by Gasteiger charge is -2.08. The Labute approximate surface area is 198 Å². The number of rotatable bonds is 11. The third-order valence-electron chi connectivity index (χ3n) is 4.62. The van der Waals surface area contributed by atoms with E-state index in [0.29, 0.717) is 18.0 Å². The maximum absolute atomic E-state index is 11.9. The summed E-state index contributed by atoms with van der Waals surface area (Å²) in [6, 6.07) is 25.1. The molecule has 0 aliphatic rings. The first-order chi connectivity index (χ1) is 16.1. The summed E-state index contributed by atoms with van der Waals surface area (Å²) in [4.78, 5) is 24.9. The van der Waals surface area contributed by atoms with Crippen LogP contribution in [0.4, 0.5) is 0 Å². The molecular formula is C26H27N3O3S. The van der Waals surface area contributed by atoms with Crippen molar-refractivity contribution in [3.63, 3.8) is 0 Å². The van der Waals surface area contributed by atoms with Crippen molar-refractivity contribution < 1.29 is 14.3 Å². The Morgan fingerprint density at radius 2 is 1.67 bits per heavy atom. The number of hydrogen-bond donors (Lipinski definition) is 2. The van der Waals surface area contributed by atoms with Gasteiger partial charge >= 0.3 is 0 Å². The van der Waals surface area contributed by atoms with Crippen molar-refractivity contribution in [1.82, 2.24) is 10.7 Å². The fraction of sp³-hybridized carbons (Fsp3) is 0.192. The van der Waals surface area contributed by atoms with Gasteiger partial charge < -0.3 is 10.1 Å². The van der Waals surface area contributed by atoms with E-state index in [2.05, 4.69) is 15.8 Å². The molecule has 6 nitrogen and oxygen atoms in total. The van der Waals surface area contributed by atoms with Gasteiger partial charge in [0.15, 0.2) is 6.61 Å². The average molecular weight is 462 g/mol. The van der Waals surface area contributed by atoms with Gasteiger partial charge in [-0.3, -0.25) is 9.59 Å². The van der Waals surface area contributed by atoms with Crippen molar-refractivity contribution >= 4 is 29.8 Å². The summed E-state index contributed by atoms with van der Waals surface area (Å²) in [6.45, 7) is 2.55. The Morgan fingerprint density at radius 3 is 2.39 bits per heavy atom. The molecule has 0 heterocycles. The van der Waals surface area contributed by atoms with Crippen molar-refractivity contribution in [3.8, 4) is 5.75 Å². The van der Waals surface area contributed by atoms with Crippen LogP contribution >= 0.6 is 11.8 Å². The number of hydrazone groups is 1. The monoisotopic (exact) mass is 461 g/mol. The number of ether oxygens (including phenoxy) is 1. The Kier molecular flexibility index (Phi) is 9.54. The number of hydrogen-bond acceptors (Lipinski definition) is 5. The Hall–Kier alpha value is -3.58. The van der Waals surface area contributed by atoms with E-state index in [4.69, 9.17) is 4.74 Å². The summed E-state index contributed by atoms with van der Waals surface area (Å²) in [7, 11) is 0. The summed E-state index contributed by atoms with van der Waals surface area (Å²) < 4.78 is 5.52. The quantitative estimate of drug-likeness (QED) is 0.257. The van der Waals surface area contributed by atoms with Crippen LogP contribution in [-0.4, -0.2) is 36.9 Å². The molecule has 0 aliphatic carbocycles. The van der Waals surface area contributed by atoms with E-state index >= 15 is 0 Å². The van der Waals surface area contributed by atoms with Crippen molar-refractivity contribution in [2.75, 3.05) is 18.9 Å². The summed E-state index contributed by atoms with van der Waals surface area (Å²) in [6.07, 6.45) is 2.34. The normalized spacial score (nSPS) is 10.7. The second kappa shape index (κ2) is 13.1. The maximum atomic E-state index is 11.9. The molecule has 2 N–H and O–H groups in total. The van der Waals surface area contributed by atoms with Gasteiger partial charge in [-0.2, -0.15) is 5.10 Å². The number of amides is 2. The summed E-state index contributed by atoms with van der Waals surface area (Å²) in [5.74, 6) is 0.544. The Morgan fingerprint density at radius 1 is 0.939 bits per heavy atom. The lowest BCUT2D eigenvalue weighted by Crippen LogP contribution is -2.30. The maximum Gasteiger partial charge on any atom is 0.257 e. The van der Waals surface area contributed by atoms with Gasteiger partial charge in [-0.25, -0.2) is 5.43 Å². The van der Waals surface area contributed by atoms with Crippen LogP contribution in [0.2, 0.25) is 0 Å². The minimum atomic E-state index is -0.171. The number of nitrogens with zero attached hydrogens (tertiary/aromatic N) is 1. The molecule has 0 radical (unpaired) electrons. The minimum Gasteiger partial charge on any atom is -0.484 e. The van der Waals surface area contributed by atoms with Gasteiger partial charge in [-0.15, -0.1) is 11.8 Å². The first-order valence-corrected chi connectivity index (χ1v) is 11.6. The number of nitrogens with one attached hydrogen (secondary N) is 2. The molecule has 0 saturated heterocycles. The highest BCUT2D eigenvalue weighted by Crippen LogP contribution is 2.17. The molecule has 0 bridgehead atoms. The van der Waals surface area contributed by atoms with Gasteiger partial charge in [0.05, 0.1) is 12.0 Å². The number of aryl methyl sites for hydroxylation is 1. The lowest BCUT2D eigenvalue weighted by atomic mass is 10.1. The van der Waals surface area contributed by atoms with Crippen LogP contribution in [0.5, 0.6) is 5.75 Å². The Balaban J connectivity index is 1.32. The molecule has 7 heteroatoms. The number of benzene rings is 3. The molecular weight excluding hydrogens is 434 g/mol. The zero-order chi connectivity index (χ0) is 23.3. The SMILES string of the molecule is Cc1ccc(SCC(=O)N/N=C\c2ccc(OCC(=O)NCCc3ccccc3)cc2)cc1. The van der Waals surface area contributed by atoms with Gasteiger partial charge in [-0.1, -0.05) is 48.0 Å². The molecule has 0 aromatic heterocycles. The van der Waals surface area contributed by atoms with E-state index < -0.39 is 0 Å². The smallest absolute Gasteiger partial charge is 0.257 e. The highest BCUT2D eigenvalue weighted by molar-refractivity contribution is 8.00. The second-order valence-corrected chi connectivity index (χ2v) is 8.39. The molecule has 2 amide bonds. The Bertz CT molecular complexity index is 1050. The molecule has 0 atom stereocenters. The van der Waals surface area contributed by atoms with E-state index in [1.807, 2.05) is 61.5 Å². The van der Waals surface area contributed by atoms with Crippen LogP contribution in [0.15, 0.2) is 88.9 Å². The van der Waals surface area contributed by atoms with Gasteiger partial charge in [0.1, 0.15) is 5.75 Å². The van der Waals surface area contributed by atoms with E-state index in [1.165, 1.54) is 22.9 Å². The summed E-state index contributed by atoms with van der Waals surface area (Å²) in [5.41, 5.74) is 5.70. The number of thioether (sulfide) groups is 1. The highest BCUT2D eigenvalue weighted by Gasteiger charge is 2.03. The molecule has 3 rings (SSSR count). The van der Waals surface area contributed by atoms with Crippen molar-refractivity contribution in [3.05, 3.63) is 95.6 Å². The van der Waals surface area contributed by atoms with E-state index in [0.717, 1.165) is 16.9 Å². The molecule has 3 aromatic rings. The zero-order valence-electron chi connectivity index (χ0n) is 18.5.